The molecule has 0 saturated heterocycles. The molecule has 1 atom stereocenters. The third-order valence-electron chi connectivity index (χ3n) is 2.84. The average Bonchev–Trinajstić information content (AvgIpc) is 2.32. The molecule has 0 aliphatic heterocycles. The van der Waals surface area contributed by atoms with Crippen LogP contribution in [0.1, 0.15) is 40.5 Å². The molecule has 0 aromatic rings. The maximum Gasteiger partial charge on any atom is 0.0826 e. The predicted molar refractivity (Wildman–Crippen MR) is 76.4 cm³/mol. The van der Waals surface area contributed by atoms with Gasteiger partial charge in [-0.2, -0.15) is 0 Å². The number of hydrogen-bond donors (Lipinski definition) is 2. The zero-order valence-corrected chi connectivity index (χ0v) is 11.9. The van der Waals surface area contributed by atoms with Crippen LogP contribution in [-0.2, 0) is 0 Å². The fraction of sp³-hybridized carbons (Fsp3) is 0.615. The lowest BCUT2D eigenvalue weighted by Crippen LogP contribution is -2.29. The summed E-state index contributed by atoms with van der Waals surface area (Å²) in [5.74, 6) is 0.402. The first-order valence-corrected chi connectivity index (χ1v) is 6.26. The Balaban J connectivity index is 4.84. The highest BCUT2D eigenvalue weighted by Crippen LogP contribution is 2.14. The first-order valence-electron chi connectivity index (χ1n) is 5.85. The van der Waals surface area contributed by atoms with Crippen molar-refractivity contribution in [3.63, 3.8) is 0 Å². The van der Waals surface area contributed by atoms with Gasteiger partial charge in [-0.3, -0.25) is 0 Å². The minimum Gasteiger partial charge on any atom is -0.390 e. The van der Waals surface area contributed by atoms with Gasteiger partial charge in [0, 0.05) is 18.7 Å². The molecular weight excluding hydrogens is 216 g/mol. The number of allylic oxidation sites excluding steroid dienone is 2. The zero-order chi connectivity index (χ0) is 12.7. The van der Waals surface area contributed by atoms with Crippen molar-refractivity contribution in [2.24, 2.45) is 5.92 Å². The van der Waals surface area contributed by atoms with Crippen molar-refractivity contribution in [1.82, 2.24) is 10.6 Å². The van der Waals surface area contributed by atoms with Crippen molar-refractivity contribution in [1.29, 1.82) is 0 Å². The van der Waals surface area contributed by atoms with Crippen LogP contribution < -0.4 is 10.6 Å². The van der Waals surface area contributed by atoms with Gasteiger partial charge in [-0.15, -0.1) is 0 Å². The van der Waals surface area contributed by atoms with Crippen molar-refractivity contribution in [3.05, 3.63) is 23.5 Å². The van der Waals surface area contributed by atoms with Crippen molar-refractivity contribution >= 4 is 17.2 Å². The third-order valence-corrected chi connectivity index (χ3v) is 3.34. The minimum atomic E-state index is 0.402. The molecule has 0 saturated carbocycles. The van der Waals surface area contributed by atoms with Gasteiger partial charge in [-0.25, -0.2) is 0 Å². The van der Waals surface area contributed by atoms with Gasteiger partial charge in [0.15, 0.2) is 0 Å². The Bertz CT molecular complexity index is 292. The number of nitrogens with one attached hydrogen (secondary N) is 2. The van der Waals surface area contributed by atoms with E-state index in [9.17, 15) is 0 Å². The highest BCUT2D eigenvalue weighted by atomic mass is 32.1. The summed E-state index contributed by atoms with van der Waals surface area (Å²) in [4.78, 5) is 0.890. The molecule has 0 rings (SSSR count). The van der Waals surface area contributed by atoms with Crippen molar-refractivity contribution in [3.8, 4) is 0 Å². The lowest BCUT2D eigenvalue weighted by Gasteiger charge is -2.19. The van der Waals surface area contributed by atoms with Crippen LogP contribution in [0.2, 0.25) is 0 Å². The van der Waals surface area contributed by atoms with Crippen molar-refractivity contribution in [2.75, 3.05) is 7.05 Å². The first kappa shape index (κ1) is 15.2. The summed E-state index contributed by atoms with van der Waals surface area (Å²) in [5.41, 5.74) is 3.20. The molecule has 92 valence electrons. The molecule has 3 heteroatoms. The summed E-state index contributed by atoms with van der Waals surface area (Å²) in [7, 11) is 1.91. The van der Waals surface area contributed by atoms with Crippen LogP contribution >= 0.6 is 12.2 Å². The van der Waals surface area contributed by atoms with Crippen LogP contribution in [-0.4, -0.2) is 12.0 Å². The standard InChI is InChI=1S/C13H24N2S/c1-7-9(3)12(11(5)14-6)15-13(16)10(4)8-2/h10,14H,3,7-8H2,1-2,4-6H3,(H,15,16)/b12-11+. The molecule has 0 aliphatic rings. The lowest BCUT2D eigenvalue weighted by atomic mass is 10.1. The second-order valence-electron chi connectivity index (χ2n) is 4.01. The number of hydrogen-bond acceptors (Lipinski definition) is 2. The maximum atomic E-state index is 5.37. The van der Waals surface area contributed by atoms with Crippen molar-refractivity contribution in [2.45, 2.75) is 40.5 Å². The molecule has 0 fully saturated rings. The number of rotatable bonds is 6. The van der Waals surface area contributed by atoms with Crippen LogP contribution in [0, 0.1) is 5.92 Å². The predicted octanol–water partition coefficient (Wildman–Crippen LogP) is 3.37. The molecule has 1 unspecified atom stereocenters. The van der Waals surface area contributed by atoms with E-state index in [1.165, 1.54) is 0 Å². The van der Waals surface area contributed by atoms with Gasteiger partial charge >= 0.3 is 0 Å². The van der Waals surface area contributed by atoms with E-state index in [0.29, 0.717) is 5.92 Å². The molecule has 0 heterocycles. The summed E-state index contributed by atoms with van der Waals surface area (Å²) in [5, 5.41) is 6.46. The molecule has 0 spiro atoms. The lowest BCUT2D eigenvalue weighted by molar-refractivity contribution is 0.726. The van der Waals surface area contributed by atoms with E-state index in [1.54, 1.807) is 0 Å². The Morgan fingerprint density at radius 1 is 1.38 bits per heavy atom. The van der Waals surface area contributed by atoms with Gasteiger partial charge in [0.1, 0.15) is 0 Å². The van der Waals surface area contributed by atoms with Crippen LogP contribution in [0.25, 0.3) is 0 Å². The fourth-order valence-electron chi connectivity index (χ4n) is 1.18. The van der Waals surface area contributed by atoms with E-state index in [1.807, 2.05) is 14.0 Å². The minimum absolute atomic E-state index is 0.402. The van der Waals surface area contributed by atoms with Crippen LogP contribution in [0.4, 0.5) is 0 Å². The van der Waals surface area contributed by atoms with Gasteiger partial charge in [0.05, 0.1) is 10.7 Å². The largest absolute Gasteiger partial charge is 0.390 e. The molecule has 0 radical (unpaired) electrons. The average molecular weight is 240 g/mol. The topological polar surface area (TPSA) is 24.1 Å². The SMILES string of the molecule is C=C(CC)/C(NC(=S)C(C)CC)=C(/C)NC. The van der Waals surface area contributed by atoms with Gasteiger partial charge < -0.3 is 10.6 Å². The molecule has 2 nitrogen and oxygen atoms in total. The Morgan fingerprint density at radius 3 is 2.31 bits per heavy atom. The first-order chi connectivity index (χ1) is 7.47. The van der Waals surface area contributed by atoms with Crippen LogP contribution in [0.15, 0.2) is 23.5 Å². The molecular formula is C13H24N2S. The Labute approximate surface area is 105 Å². The maximum absolute atomic E-state index is 5.37. The molecule has 0 aromatic carbocycles. The van der Waals surface area contributed by atoms with E-state index in [0.717, 1.165) is 34.8 Å². The highest BCUT2D eigenvalue weighted by molar-refractivity contribution is 7.80. The van der Waals surface area contributed by atoms with Crippen LogP contribution in [0.3, 0.4) is 0 Å². The van der Waals surface area contributed by atoms with E-state index in [-0.39, 0.29) is 0 Å². The van der Waals surface area contributed by atoms with E-state index >= 15 is 0 Å². The molecule has 16 heavy (non-hydrogen) atoms. The number of thiocarbonyl (C=S) groups is 1. The molecule has 0 amide bonds. The molecule has 0 bridgehead atoms. The van der Waals surface area contributed by atoms with Crippen LogP contribution in [0.5, 0.6) is 0 Å². The highest BCUT2D eigenvalue weighted by Gasteiger charge is 2.11. The molecule has 2 N–H and O–H groups in total. The summed E-state index contributed by atoms with van der Waals surface area (Å²) < 4.78 is 0. The van der Waals surface area contributed by atoms with E-state index < -0.39 is 0 Å². The normalized spacial score (nSPS) is 13.8. The van der Waals surface area contributed by atoms with Gasteiger partial charge in [0.2, 0.25) is 0 Å². The zero-order valence-electron chi connectivity index (χ0n) is 11.1. The smallest absolute Gasteiger partial charge is 0.0826 e. The van der Waals surface area contributed by atoms with Gasteiger partial charge in [-0.1, -0.05) is 39.6 Å². The fourth-order valence-corrected chi connectivity index (χ4v) is 1.45. The van der Waals surface area contributed by atoms with Gasteiger partial charge in [0.25, 0.3) is 0 Å². The summed E-state index contributed by atoms with van der Waals surface area (Å²) >= 11 is 5.37. The van der Waals surface area contributed by atoms with E-state index in [4.69, 9.17) is 12.2 Å². The third kappa shape index (κ3) is 4.35. The summed E-state index contributed by atoms with van der Waals surface area (Å²) in [6.45, 7) is 12.5. The Hall–Kier alpha value is -0.830. The Kier molecular flexibility index (Phi) is 7.06. The molecule has 0 aromatic heterocycles. The second-order valence-corrected chi connectivity index (χ2v) is 4.45. The van der Waals surface area contributed by atoms with E-state index in [2.05, 4.69) is 38.0 Å². The molecule has 0 aliphatic carbocycles. The van der Waals surface area contributed by atoms with Crippen molar-refractivity contribution < 1.29 is 0 Å². The monoisotopic (exact) mass is 240 g/mol. The summed E-state index contributed by atoms with van der Waals surface area (Å²) in [6, 6.07) is 0. The summed E-state index contributed by atoms with van der Waals surface area (Å²) in [6.07, 6.45) is 1.97. The van der Waals surface area contributed by atoms with Gasteiger partial charge in [-0.05, 0) is 25.3 Å². The quantitative estimate of drug-likeness (QED) is 0.550. The second kappa shape index (κ2) is 7.44. The Morgan fingerprint density at radius 2 is 1.94 bits per heavy atom.